The standard InChI is InChI=1S/C21H45O2P/c1-4-7-10-13-14-17-20-24(22)23-21(18-15-11-8-5-2)19-16-12-9-6-3/h21,24H,4-20H2,1-3H3. The van der Waals surface area contributed by atoms with Crippen LogP contribution in [-0.2, 0) is 9.09 Å². The molecule has 0 fully saturated rings. The van der Waals surface area contributed by atoms with Crippen LogP contribution < -0.4 is 0 Å². The number of unbranched alkanes of at least 4 members (excludes halogenated alkanes) is 11. The van der Waals surface area contributed by atoms with E-state index in [1.54, 1.807) is 0 Å². The van der Waals surface area contributed by atoms with Gasteiger partial charge in [-0.05, 0) is 19.3 Å². The molecule has 0 amide bonds. The second kappa shape index (κ2) is 19.5. The van der Waals surface area contributed by atoms with Gasteiger partial charge in [0.15, 0.2) is 8.03 Å². The van der Waals surface area contributed by atoms with Crippen LogP contribution >= 0.6 is 8.03 Å². The molecule has 0 bridgehead atoms. The molecule has 0 radical (unpaired) electrons. The van der Waals surface area contributed by atoms with E-state index in [-0.39, 0.29) is 6.10 Å². The highest BCUT2D eigenvalue weighted by Crippen LogP contribution is 2.30. The van der Waals surface area contributed by atoms with E-state index in [1.165, 1.54) is 83.5 Å². The highest BCUT2D eigenvalue weighted by molar-refractivity contribution is 7.39. The van der Waals surface area contributed by atoms with Crippen LogP contribution in [0.25, 0.3) is 0 Å². The molecule has 0 aromatic rings. The van der Waals surface area contributed by atoms with Crippen LogP contribution in [0, 0.1) is 0 Å². The Hall–Kier alpha value is 0.190. The van der Waals surface area contributed by atoms with Gasteiger partial charge in [0.05, 0.1) is 6.10 Å². The molecule has 0 aromatic carbocycles. The number of hydrogen-bond donors (Lipinski definition) is 0. The first-order valence-corrected chi connectivity index (χ1v) is 12.5. The van der Waals surface area contributed by atoms with Crippen molar-refractivity contribution in [2.75, 3.05) is 6.16 Å². The smallest absolute Gasteiger partial charge is 0.191 e. The van der Waals surface area contributed by atoms with Crippen molar-refractivity contribution in [3.8, 4) is 0 Å². The Bertz CT molecular complexity index is 257. The molecular weight excluding hydrogens is 315 g/mol. The highest BCUT2D eigenvalue weighted by Gasteiger charge is 2.12. The van der Waals surface area contributed by atoms with Gasteiger partial charge in [0.25, 0.3) is 0 Å². The average molecular weight is 361 g/mol. The first-order chi connectivity index (χ1) is 11.7. The second-order valence-corrected chi connectivity index (χ2v) is 8.81. The van der Waals surface area contributed by atoms with Crippen molar-refractivity contribution >= 4 is 8.03 Å². The van der Waals surface area contributed by atoms with Crippen LogP contribution in [-0.4, -0.2) is 12.3 Å². The fourth-order valence-electron chi connectivity index (χ4n) is 3.15. The van der Waals surface area contributed by atoms with Crippen LogP contribution in [0.2, 0.25) is 0 Å². The first kappa shape index (κ1) is 24.2. The summed E-state index contributed by atoms with van der Waals surface area (Å²) in [4.78, 5) is 0. The molecule has 0 saturated carbocycles. The maximum atomic E-state index is 12.3. The predicted octanol–water partition coefficient (Wildman–Crippen LogP) is 8.15. The fourth-order valence-corrected chi connectivity index (χ4v) is 4.42. The fraction of sp³-hybridized carbons (Fsp3) is 1.00. The maximum absolute atomic E-state index is 12.3. The lowest BCUT2D eigenvalue weighted by atomic mass is 10.0. The SMILES string of the molecule is CCCCCCCC[PH](=O)OC(CCCCCC)CCCCCC. The van der Waals surface area contributed by atoms with Gasteiger partial charge in [0.1, 0.15) is 0 Å². The Morgan fingerprint density at radius 1 is 0.625 bits per heavy atom. The molecule has 0 saturated heterocycles. The van der Waals surface area contributed by atoms with Gasteiger partial charge >= 0.3 is 0 Å². The zero-order valence-electron chi connectivity index (χ0n) is 16.9. The third-order valence-corrected chi connectivity index (χ3v) is 6.15. The quantitative estimate of drug-likeness (QED) is 0.171. The van der Waals surface area contributed by atoms with E-state index in [2.05, 4.69) is 20.8 Å². The summed E-state index contributed by atoms with van der Waals surface area (Å²) in [5.74, 6) is 0. The third-order valence-electron chi connectivity index (χ3n) is 4.79. The minimum atomic E-state index is -1.81. The lowest BCUT2D eigenvalue weighted by Gasteiger charge is -2.18. The lowest BCUT2D eigenvalue weighted by molar-refractivity contribution is 0.184. The van der Waals surface area contributed by atoms with Gasteiger partial charge in [0, 0.05) is 6.16 Å². The van der Waals surface area contributed by atoms with E-state index in [1.807, 2.05) is 0 Å². The topological polar surface area (TPSA) is 26.3 Å². The Kier molecular flexibility index (Phi) is 19.7. The lowest BCUT2D eigenvalue weighted by Crippen LogP contribution is -2.10. The van der Waals surface area contributed by atoms with Crippen molar-refractivity contribution in [2.24, 2.45) is 0 Å². The van der Waals surface area contributed by atoms with Gasteiger partial charge in [-0.2, -0.15) is 0 Å². The Morgan fingerprint density at radius 2 is 1.04 bits per heavy atom. The van der Waals surface area contributed by atoms with Gasteiger partial charge in [-0.15, -0.1) is 0 Å². The summed E-state index contributed by atoms with van der Waals surface area (Å²) in [5.41, 5.74) is 0. The largest absolute Gasteiger partial charge is 0.327 e. The summed E-state index contributed by atoms with van der Waals surface area (Å²) in [7, 11) is -1.81. The first-order valence-electron chi connectivity index (χ1n) is 10.9. The predicted molar refractivity (Wildman–Crippen MR) is 110 cm³/mol. The van der Waals surface area contributed by atoms with Gasteiger partial charge < -0.3 is 4.52 Å². The molecule has 0 aliphatic carbocycles. The summed E-state index contributed by atoms with van der Waals surface area (Å²) < 4.78 is 18.3. The van der Waals surface area contributed by atoms with E-state index in [4.69, 9.17) is 4.52 Å². The summed E-state index contributed by atoms with van der Waals surface area (Å²) in [5, 5.41) is 0. The molecule has 2 nitrogen and oxygen atoms in total. The molecule has 1 unspecified atom stereocenters. The molecule has 146 valence electrons. The minimum Gasteiger partial charge on any atom is -0.327 e. The van der Waals surface area contributed by atoms with Crippen LogP contribution in [0.15, 0.2) is 0 Å². The van der Waals surface area contributed by atoms with Crippen molar-refractivity contribution in [1.29, 1.82) is 0 Å². The van der Waals surface area contributed by atoms with E-state index in [0.717, 1.165) is 25.4 Å². The summed E-state index contributed by atoms with van der Waals surface area (Å²) in [6.07, 6.45) is 21.1. The summed E-state index contributed by atoms with van der Waals surface area (Å²) in [6, 6.07) is 0. The normalized spacial score (nSPS) is 12.8. The van der Waals surface area contributed by atoms with Crippen molar-refractivity contribution < 1.29 is 9.09 Å². The third kappa shape index (κ3) is 17.0. The molecule has 0 N–H and O–H groups in total. The van der Waals surface area contributed by atoms with Crippen LogP contribution in [0.5, 0.6) is 0 Å². The van der Waals surface area contributed by atoms with Crippen molar-refractivity contribution in [1.82, 2.24) is 0 Å². The van der Waals surface area contributed by atoms with Crippen molar-refractivity contribution in [2.45, 2.75) is 130 Å². The molecule has 0 aromatic heterocycles. The van der Waals surface area contributed by atoms with Gasteiger partial charge in [-0.25, -0.2) is 0 Å². The van der Waals surface area contributed by atoms with Gasteiger partial charge in [-0.1, -0.05) is 104 Å². The number of rotatable bonds is 19. The Morgan fingerprint density at radius 3 is 1.54 bits per heavy atom. The van der Waals surface area contributed by atoms with Gasteiger partial charge in [0.2, 0.25) is 0 Å². The molecule has 0 spiro atoms. The molecule has 0 heterocycles. The van der Waals surface area contributed by atoms with Gasteiger partial charge in [-0.3, -0.25) is 4.57 Å². The van der Waals surface area contributed by atoms with E-state index >= 15 is 0 Å². The molecule has 24 heavy (non-hydrogen) atoms. The van der Waals surface area contributed by atoms with Crippen LogP contribution in [0.1, 0.15) is 124 Å². The van der Waals surface area contributed by atoms with E-state index in [0.29, 0.717) is 0 Å². The Labute approximate surface area is 153 Å². The van der Waals surface area contributed by atoms with Crippen LogP contribution in [0.3, 0.4) is 0 Å². The second-order valence-electron chi connectivity index (χ2n) is 7.33. The molecular formula is C21H45O2P. The molecule has 3 heteroatoms. The Balaban J connectivity index is 3.90. The van der Waals surface area contributed by atoms with Crippen molar-refractivity contribution in [3.05, 3.63) is 0 Å². The number of hydrogen-bond acceptors (Lipinski definition) is 2. The van der Waals surface area contributed by atoms with E-state index in [9.17, 15) is 4.57 Å². The zero-order chi connectivity index (χ0) is 17.9. The average Bonchev–Trinajstić information content (AvgIpc) is 2.58. The maximum Gasteiger partial charge on any atom is 0.191 e. The molecule has 1 atom stereocenters. The zero-order valence-corrected chi connectivity index (χ0v) is 17.9. The van der Waals surface area contributed by atoms with Crippen LogP contribution in [0.4, 0.5) is 0 Å². The summed E-state index contributed by atoms with van der Waals surface area (Å²) in [6.45, 7) is 6.74. The molecule has 0 aliphatic rings. The molecule has 0 aliphatic heterocycles. The highest BCUT2D eigenvalue weighted by atomic mass is 31.1. The summed E-state index contributed by atoms with van der Waals surface area (Å²) >= 11 is 0. The monoisotopic (exact) mass is 360 g/mol. The van der Waals surface area contributed by atoms with E-state index < -0.39 is 8.03 Å². The van der Waals surface area contributed by atoms with Crippen molar-refractivity contribution in [3.63, 3.8) is 0 Å². The molecule has 0 rings (SSSR count). The minimum absolute atomic E-state index is 0.255.